The number of hydrogen-bond donors (Lipinski definition) is 19. The van der Waals surface area contributed by atoms with Gasteiger partial charge < -0.3 is 102 Å². The minimum atomic E-state index is -1.80. The van der Waals surface area contributed by atoms with E-state index in [1.54, 1.807) is 72.8 Å². The van der Waals surface area contributed by atoms with Crippen molar-refractivity contribution in [3.63, 3.8) is 0 Å². The van der Waals surface area contributed by atoms with Crippen LogP contribution in [0.5, 0.6) is 0 Å². The van der Waals surface area contributed by atoms with Crippen LogP contribution < -0.4 is 81.4 Å². The number of carboxylic acid groups (broad SMARTS) is 1. The number of nitrogens with zero attached hydrogens (tertiary/aromatic N) is 1. The van der Waals surface area contributed by atoms with Crippen LogP contribution in [-0.2, 0) is 76.8 Å². The van der Waals surface area contributed by atoms with Crippen molar-refractivity contribution in [2.75, 3.05) is 45.9 Å². The van der Waals surface area contributed by atoms with Crippen LogP contribution in [0.3, 0.4) is 0 Å². The SMILES string of the molecule is C[C@H](NC(=O)[C@H](CCCCN)NC(=O)CNC(=O)CNC(=O)[C@@H](NC(=O)[C@H](CO)NC(=O)[C@H](CCCCN)NC(=O)[C@H](Cc1ccccc1)NC(=O)[C@H](Cc1ccccc1)NC(=O)[C@@H](N)Cc1ccccc1)[C@@H](C)O)C(=O)N1CCC[C@H]1C(=O)N[C@@H](CCCNC(=N)N)C(=O)O. The van der Waals surface area contributed by atoms with Crippen molar-refractivity contribution in [2.45, 2.75) is 164 Å². The van der Waals surface area contributed by atoms with Crippen molar-refractivity contribution in [1.29, 1.82) is 5.41 Å². The Hall–Kier alpha value is -9.63. The van der Waals surface area contributed by atoms with Gasteiger partial charge in [-0.2, -0.15) is 0 Å². The third-order valence-electron chi connectivity index (χ3n) is 15.6. The molecule has 526 valence electrons. The molecule has 1 heterocycles. The van der Waals surface area contributed by atoms with Gasteiger partial charge in [-0.05, 0) is 114 Å². The first-order valence-corrected chi connectivity index (χ1v) is 32.0. The van der Waals surface area contributed by atoms with Crippen LogP contribution >= 0.6 is 0 Å². The van der Waals surface area contributed by atoms with Crippen molar-refractivity contribution in [3.05, 3.63) is 108 Å². The van der Waals surface area contributed by atoms with Gasteiger partial charge in [-0.25, -0.2) is 4.79 Å². The van der Waals surface area contributed by atoms with Crippen LogP contribution in [0.2, 0.25) is 0 Å². The Morgan fingerprint density at radius 3 is 1.50 bits per heavy atom. The van der Waals surface area contributed by atoms with Crippen molar-refractivity contribution in [2.24, 2.45) is 22.9 Å². The highest BCUT2D eigenvalue weighted by Crippen LogP contribution is 2.20. The molecule has 0 saturated carbocycles. The number of carbonyl (C=O) groups excluding carboxylic acids is 11. The molecule has 0 bridgehead atoms. The van der Waals surface area contributed by atoms with Gasteiger partial charge in [0.1, 0.15) is 54.4 Å². The zero-order chi connectivity index (χ0) is 70.7. The van der Waals surface area contributed by atoms with Gasteiger partial charge in [0.25, 0.3) is 0 Å². The number of nitrogens with one attached hydrogen (secondary N) is 12. The van der Waals surface area contributed by atoms with Crippen LogP contribution in [0.4, 0.5) is 0 Å². The summed E-state index contributed by atoms with van der Waals surface area (Å²) in [5.41, 5.74) is 25.1. The van der Waals surface area contributed by atoms with Crippen molar-refractivity contribution in [1.82, 2.24) is 63.4 Å². The standard InChI is InChI=1S/C64H95N17O15/c1-38(62(94)81-31-17-27-50(81)60(92)76-46(63(95)96)26-16-30-70-64(68)69)73-55(87)44(24-12-14-28-65)74-52(85)36-71-51(84)35-72-61(93)53(39(2)83)80-59(91)49(37-82)79-56(88)45(25-13-15-29-66)75-57(89)48(34-42-22-10-5-11-23-42)78-58(90)47(33-41-20-8-4-9-21-41)77-54(86)43(67)32-40-18-6-3-7-19-40/h3-11,18-23,38-39,43-50,53,82-83H,12-17,24-37,65-67H2,1-2H3,(H,71,84)(H,72,93)(H,73,87)(H,74,85)(H,75,89)(H,76,92)(H,77,86)(H,78,90)(H,79,88)(H,80,91)(H,95,96)(H4,68,69,70)/t38-,39+,43-,44-,45-,46-,47-,48-,49-,50-,53-/m0/s1. The van der Waals surface area contributed by atoms with Gasteiger partial charge in [-0.15, -0.1) is 0 Å². The van der Waals surface area contributed by atoms with Crippen LogP contribution in [0.15, 0.2) is 91.0 Å². The number of aliphatic hydroxyl groups is 2. The summed E-state index contributed by atoms with van der Waals surface area (Å²) in [7, 11) is 0. The van der Waals surface area contributed by atoms with Crippen molar-refractivity contribution < 1.29 is 72.9 Å². The van der Waals surface area contributed by atoms with E-state index in [1.807, 2.05) is 18.2 Å². The third kappa shape index (κ3) is 27.7. The van der Waals surface area contributed by atoms with Gasteiger partial charge in [-0.1, -0.05) is 91.0 Å². The molecule has 4 rings (SSSR count). The average Bonchev–Trinajstić information content (AvgIpc) is 1.62. The van der Waals surface area contributed by atoms with Crippen LogP contribution in [0.1, 0.15) is 94.7 Å². The molecule has 1 aliphatic heterocycles. The number of likely N-dealkylation sites (tertiary alicyclic amines) is 1. The predicted octanol–water partition coefficient (Wildman–Crippen LogP) is -4.86. The maximum atomic E-state index is 14.5. The predicted molar refractivity (Wildman–Crippen MR) is 352 cm³/mol. The molecule has 32 heteroatoms. The van der Waals surface area contributed by atoms with Gasteiger partial charge in [0, 0.05) is 25.9 Å². The summed E-state index contributed by atoms with van der Waals surface area (Å²) in [6, 6.07) is 13.1. The Bertz CT molecular complexity index is 3060. The highest BCUT2D eigenvalue weighted by atomic mass is 16.4. The average molecular weight is 1340 g/mol. The summed E-state index contributed by atoms with van der Waals surface area (Å²) >= 11 is 0. The molecule has 11 atom stereocenters. The Morgan fingerprint density at radius 1 is 0.531 bits per heavy atom. The number of amides is 11. The lowest BCUT2D eigenvalue weighted by atomic mass is 10.0. The molecule has 1 aliphatic rings. The zero-order valence-electron chi connectivity index (χ0n) is 54.2. The number of carboxylic acids is 1. The van der Waals surface area contributed by atoms with Crippen molar-refractivity contribution >= 4 is 76.9 Å². The topological polar surface area (TPSA) is 529 Å². The summed E-state index contributed by atoms with van der Waals surface area (Å²) in [6.45, 7) is 0.720. The van der Waals surface area contributed by atoms with E-state index in [4.69, 9.17) is 28.3 Å². The second-order valence-electron chi connectivity index (χ2n) is 23.3. The van der Waals surface area contributed by atoms with E-state index >= 15 is 0 Å². The molecular formula is C64H95N17O15. The first kappa shape index (κ1) is 78.8. The fraction of sp³-hybridized carbons (Fsp3) is 0.516. The lowest BCUT2D eigenvalue weighted by Crippen LogP contribution is -2.61. The van der Waals surface area contributed by atoms with E-state index in [0.717, 1.165) is 12.5 Å². The fourth-order valence-corrected chi connectivity index (χ4v) is 10.3. The maximum absolute atomic E-state index is 14.5. The Labute approximate surface area is 557 Å². The largest absolute Gasteiger partial charge is 0.480 e. The number of nitrogens with two attached hydrogens (primary N) is 4. The highest BCUT2D eigenvalue weighted by molar-refractivity contribution is 5.99. The third-order valence-corrected chi connectivity index (χ3v) is 15.6. The molecule has 96 heavy (non-hydrogen) atoms. The number of guanidine groups is 1. The monoisotopic (exact) mass is 1340 g/mol. The maximum Gasteiger partial charge on any atom is 0.326 e. The molecule has 0 aromatic heterocycles. The number of rotatable bonds is 42. The van der Waals surface area contributed by atoms with Gasteiger partial charge >= 0.3 is 5.97 Å². The molecule has 0 aliphatic carbocycles. The molecule has 0 radical (unpaired) electrons. The number of aliphatic hydroxyl groups excluding tert-OH is 2. The van der Waals surface area contributed by atoms with Gasteiger partial charge in [0.2, 0.25) is 65.0 Å². The molecule has 0 unspecified atom stereocenters. The molecule has 23 N–H and O–H groups in total. The molecule has 3 aromatic rings. The number of carbonyl (C=O) groups is 12. The Kier molecular flexibility index (Phi) is 34.4. The number of hydrogen-bond acceptors (Lipinski definition) is 18. The van der Waals surface area contributed by atoms with E-state index in [2.05, 4.69) is 58.5 Å². The Balaban J connectivity index is 1.37. The van der Waals surface area contributed by atoms with E-state index < -0.39 is 157 Å². The molecule has 3 aromatic carbocycles. The molecular weight excluding hydrogens is 1250 g/mol. The summed E-state index contributed by atoms with van der Waals surface area (Å²) in [5, 5.41) is 65.4. The minimum Gasteiger partial charge on any atom is -0.480 e. The first-order valence-electron chi connectivity index (χ1n) is 32.0. The smallest absolute Gasteiger partial charge is 0.326 e. The van der Waals surface area contributed by atoms with Gasteiger partial charge in [0.15, 0.2) is 5.96 Å². The summed E-state index contributed by atoms with van der Waals surface area (Å²) in [4.78, 5) is 164. The number of unbranched alkanes of at least 4 members (excludes halogenated alkanes) is 2. The quantitative estimate of drug-likeness (QED) is 0.0144. The van der Waals surface area contributed by atoms with Gasteiger partial charge in [0.05, 0.1) is 31.8 Å². The molecule has 1 saturated heterocycles. The highest BCUT2D eigenvalue weighted by Gasteiger charge is 2.39. The lowest BCUT2D eigenvalue weighted by molar-refractivity contribution is -0.145. The summed E-state index contributed by atoms with van der Waals surface area (Å²) in [6.07, 6.45) is 0.844. The van der Waals surface area contributed by atoms with E-state index in [9.17, 15) is 72.9 Å². The van der Waals surface area contributed by atoms with Crippen LogP contribution in [-0.4, -0.2) is 210 Å². The molecule has 1 fully saturated rings. The summed E-state index contributed by atoms with van der Waals surface area (Å²) in [5.74, 6) is -11.0. The fourth-order valence-electron chi connectivity index (χ4n) is 10.3. The number of aliphatic carboxylic acids is 1. The summed E-state index contributed by atoms with van der Waals surface area (Å²) < 4.78 is 0. The first-order chi connectivity index (χ1) is 45.8. The Morgan fingerprint density at radius 2 is 0.990 bits per heavy atom. The molecule has 32 nitrogen and oxygen atoms in total. The van der Waals surface area contributed by atoms with Gasteiger partial charge in [-0.3, -0.25) is 58.1 Å². The van der Waals surface area contributed by atoms with Crippen molar-refractivity contribution in [3.8, 4) is 0 Å². The second-order valence-corrected chi connectivity index (χ2v) is 23.3. The normalized spacial score (nSPS) is 15.7. The van der Waals surface area contributed by atoms with E-state index in [1.165, 1.54) is 11.8 Å². The van der Waals surface area contributed by atoms with E-state index in [-0.39, 0.29) is 89.9 Å². The zero-order valence-corrected chi connectivity index (χ0v) is 54.2. The number of benzene rings is 3. The lowest BCUT2D eigenvalue weighted by Gasteiger charge is -2.29. The van der Waals surface area contributed by atoms with Crippen LogP contribution in [0, 0.1) is 5.41 Å². The minimum absolute atomic E-state index is 0.00532. The van der Waals surface area contributed by atoms with Crippen LogP contribution in [0.25, 0.3) is 0 Å². The second kappa shape index (κ2) is 41.9. The molecule has 0 spiro atoms. The van der Waals surface area contributed by atoms with E-state index in [0.29, 0.717) is 36.8 Å². The molecule has 11 amide bonds.